The predicted octanol–water partition coefficient (Wildman–Crippen LogP) is 3.96. The molecule has 0 saturated carbocycles. The van der Waals surface area contributed by atoms with Gasteiger partial charge in [-0.3, -0.25) is 14.5 Å². The first-order chi connectivity index (χ1) is 15.3. The monoisotopic (exact) mass is 438 g/mol. The lowest BCUT2D eigenvalue weighted by atomic mass is 10.1. The van der Waals surface area contributed by atoms with E-state index in [4.69, 9.17) is 9.15 Å². The van der Waals surface area contributed by atoms with Crippen molar-refractivity contribution in [2.45, 2.75) is 20.8 Å². The molecule has 0 radical (unpaired) electrons. The highest BCUT2D eigenvalue weighted by molar-refractivity contribution is 6.03. The molecule has 0 aliphatic rings. The lowest BCUT2D eigenvalue weighted by Crippen LogP contribution is -2.13. The standard InChI is InChI=1S/C21H19FN6O4/c1-4-31-21(30)26-14-8-23-20-27-17(10-28(20)9-14)15-7-13(5-6-16(15)22)25-19(29)18-11(2)24-12(3)32-18/h5-10H,4H2,1-3H3,(H,25,29)(H,26,30). The quantitative estimate of drug-likeness (QED) is 0.483. The highest BCUT2D eigenvalue weighted by atomic mass is 19.1. The molecule has 0 aliphatic heterocycles. The molecular formula is C21H19FN6O4. The van der Waals surface area contributed by atoms with Gasteiger partial charge in [0.25, 0.3) is 5.91 Å². The number of aryl methyl sites for hydroxylation is 2. The summed E-state index contributed by atoms with van der Waals surface area (Å²) in [4.78, 5) is 36.6. The van der Waals surface area contributed by atoms with Crippen LogP contribution in [0.4, 0.5) is 20.6 Å². The number of oxazole rings is 1. The van der Waals surface area contributed by atoms with Crippen LogP contribution in [-0.2, 0) is 4.74 Å². The number of nitrogens with one attached hydrogen (secondary N) is 2. The number of fused-ring (bicyclic) bond motifs is 1. The van der Waals surface area contributed by atoms with Gasteiger partial charge in [0.15, 0.2) is 5.89 Å². The van der Waals surface area contributed by atoms with Crippen LogP contribution < -0.4 is 10.6 Å². The minimum Gasteiger partial charge on any atom is -0.450 e. The molecular weight excluding hydrogens is 419 g/mol. The first-order valence-electron chi connectivity index (χ1n) is 9.68. The maximum Gasteiger partial charge on any atom is 0.411 e. The fraction of sp³-hybridized carbons (Fsp3) is 0.190. The second kappa shape index (κ2) is 8.46. The molecule has 0 aliphatic carbocycles. The number of nitrogens with zero attached hydrogens (tertiary/aromatic N) is 4. The van der Waals surface area contributed by atoms with E-state index in [1.165, 1.54) is 24.4 Å². The number of aromatic nitrogens is 4. The van der Waals surface area contributed by atoms with Gasteiger partial charge in [0.05, 0.1) is 29.9 Å². The third-order valence-electron chi connectivity index (χ3n) is 4.44. The minimum atomic E-state index is -0.610. The van der Waals surface area contributed by atoms with E-state index < -0.39 is 17.8 Å². The van der Waals surface area contributed by atoms with Gasteiger partial charge in [-0.05, 0) is 32.0 Å². The average Bonchev–Trinajstić information content (AvgIpc) is 3.31. The smallest absolute Gasteiger partial charge is 0.411 e. The van der Waals surface area contributed by atoms with E-state index in [2.05, 4.69) is 25.6 Å². The molecule has 0 fully saturated rings. The summed E-state index contributed by atoms with van der Waals surface area (Å²) in [5.74, 6) is -0.251. The van der Waals surface area contributed by atoms with Crippen LogP contribution in [0.1, 0.15) is 29.1 Å². The van der Waals surface area contributed by atoms with Crippen molar-refractivity contribution >= 4 is 29.2 Å². The molecule has 0 bridgehead atoms. The normalized spacial score (nSPS) is 10.9. The molecule has 0 saturated heterocycles. The van der Waals surface area contributed by atoms with Crippen molar-refractivity contribution < 1.29 is 23.1 Å². The Bertz CT molecular complexity index is 1330. The molecule has 4 rings (SSSR count). The van der Waals surface area contributed by atoms with Gasteiger partial charge in [0.1, 0.15) is 5.82 Å². The molecule has 0 atom stereocenters. The lowest BCUT2D eigenvalue weighted by molar-refractivity contribution is 0.0994. The third-order valence-corrected chi connectivity index (χ3v) is 4.44. The van der Waals surface area contributed by atoms with E-state index in [0.717, 1.165) is 0 Å². The zero-order valence-electron chi connectivity index (χ0n) is 17.5. The fourth-order valence-corrected chi connectivity index (χ4v) is 3.09. The Kier molecular flexibility index (Phi) is 5.54. The Hall–Kier alpha value is -4.28. The van der Waals surface area contributed by atoms with Crippen LogP contribution in [-0.4, -0.2) is 38.0 Å². The number of carbonyl (C=O) groups excluding carboxylic acids is 2. The van der Waals surface area contributed by atoms with Gasteiger partial charge in [0.2, 0.25) is 11.5 Å². The Labute approximate surface area is 181 Å². The summed E-state index contributed by atoms with van der Waals surface area (Å²) in [5, 5.41) is 5.22. The first-order valence-corrected chi connectivity index (χ1v) is 9.68. The van der Waals surface area contributed by atoms with Crippen molar-refractivity contribution in [3.63, 3.8) is 0 Å². The summed E-state index contributed by atoms with van der Waals surface area (Å²) in [6, 6.07) is 4.13. The fourth-order valence-electron chi connectivity index (χ4n) is 3.09. The molecule has 164 valence electrons. The number of benzene rings is 1. The number of imidazole rings is 1. The zero-order chi connectivity index (χ0) is 22.8. The predicted molar refractivity (Wildman–Crippen MR) is 113 cm³/mol. The molecule has 0 unspecified atom stereocenters. The second-order valence-electron chi connectivity index (χ2n) is 6.82. The highest BCUT2D eigenvalue weighted by Crippen LogP contribution is 2.26. The number of anilines is 2. The van der Waals surface area contributed by atoms with E-state index in [1.54, 1.807) is 37.6 Å². The van der Waals surface area contributed by atoms with Gasteiger partial charge in [0, 0.05) is 30.6 Å². The Morgan fingerprint density at radius 3 is 2.69 bits per heavy atom. The van der Waals surface area contributed by atoms with E-state index in [9.17, 15) is 14.0 Å². The highest BCUT2D eigenvalue weighted by Gasteiger charge is 2.18. The van der Waals surface area contributed by atoms with Gasteiger partial charge >= 0.3 is 6.09 Å². The number of hydrogen-bond acceptors (Lipinski definition) is 7. The molecule has 32 heavy (non-hydrogen) atoms. The van der Waals surface area contributed by atoms with Crippen molar-refractivity contribution in [2.24, 2.45) is 0 Å². The molecule has 0 spiro atoms. The Balaban J connectivity index is 1.61. The van der Waals surface area contributed by atoms with Gasteiger partial charge in [-0.1, -0.05) is 0 Å². The topological polar surface area (TPSA) is 124 Å². The number of ether oxygens (including phenoxy) is 1. The SMILES string of the molecule is CCOC(=O)Nc1cnc2nc(-c3cc(NC(=O)c4oc(C)nc4C)ccc3F)cn2c1. The summed E-state index contributed by atoms with van der Waals surface area (Å²) in [5.41, 5.74) is 1.67. The van der Waals surface area contributed by atoms with Crippen LogP contribution in [0.3, 0.4) is 0 Å². The second-order valence-corrected chi connectivity index (χ2v) is 6.82. The molecule has 2 amide bonds. The van der Waals surface area contributed by atoms with Crippen LogP contribution in [0.25, 0.3) is 17.0 Å². The molecule has 10 nitrogen and oxygen atoms in total. The van der Waals surface area contributed by atoms with E-state index >= 15 is 0 Å². The van der Waals surface area contributed by atoms with Gasteiger partial charge in [-0.25, -0.2) is 24.1 Å². The Morgan fingerprint density at radius 2 is 1.97 bits per heavy atom. The van der Waals surface area contributed by atoms with Crippen LogP contribution >= 0.6 is 0 Å². The molecule has 4 aromatic rings. The first kappa shape index (κ1) is 21.0. The van der Waals surface area contributed by atoms with Gasteiger partial charge in [-0.2, -0.15) is 0 Å². The van der Waals surface area contributed by atoms with Gasteiger partial charge < -0.3 is 14.5 Å². The summed E-state index contributed by atoms with van der Waals surface area (Å²) < 4.78 is 26.3. The molecule has 3 aromatic heterocycles. The van der Waals surface area contributed by atoms with Crippen molar-refractivity contribution in [3.8, 4) is 11.3 Å². The van der Waals surface area contributed by atoms with Crippen LogP contribution in [0.5, 0.6) is 0 Å². The number of rotatable bonds is 5. The molecule has 3 heterocycles. The number of hydrogen-bond donors (Lipinski definition) is 2. The Morgan fingerprint density at radius 1 is 1.16 bits per heavy atom. The van der Waals surface area contributed by atoms with Crippen molar-refractivity contribution in [1.82, 2.24) is 19.4 Å². The molecule has 1 aromatic carbocycles. The molecule has 11 heteroatoms. The number of carbonyl (C=O) groups is 2. The minimum absolute atomic E-state index is 0.0898. The zero-order valence-corrected chi connectivity index (χ0v) is 17.5. The third kappa shape index (κ3) is 4.26. The van der Waals surface area contributed by atoms with Crippen LogP contribution in [0.2, 0.25) is 0 Å². The largest absolute Gasteiger partial charge is 0.450 e. The number of amides is 2. The van der Waals surface area contributed by atoms with E-state index in [-0.39, 0.29) is 17.9 Å². The van der Waals surface area contributed by atoms with Crippen molar-refractivity contribution in [1.29, 1.82) is 0 Å². The van der Waals surface area contributed by atoms with Crippen LogP contribution in [0.15, 0.2) is 41.2 Å². The summed E-state index contributed by atoms with van der Waals surface area (Å²) in [6.45, 7) is 5.24. The summed E-state index contributed by atoms with van der Waals surface area (Å²) in [6.07, 6.45) is 3.94. The maximum atomic E-state index is 14.6. The summed E-state index contributed by atoms with van der Waals surface area (Å²) in [7, 11) is 0. The molecule has 2 N–H and O–H groups in total. The average molecular weight is 438 g/mol. The van der Waals surface area contributed by atoms with E-state index in [0.29, 0.717) is 34.4 Å². The van der Waals surface area contributed by atoms with Crippen molar-refractivity contribution in [2.75, 3.05) is 17.2 Å². The summed E-state index contributed by atoms with van der Waals surface area (Å²) >= 11 is 0. The van der Waals surface area contributed by atoms with Crippen molar-refractivity contribution in [3.05, 3.63) is 60.0 Å². The van der Waals surface area contributed by atoms with Gasteiger partial charge in [-0.15, -0.1) is 0 Å². The number of halogens is 1. The maximum absolute atomic E-state index is 14.6. The van der Waals surface area contributed by atoms with E-state index in [1.807, 2.05) is 0 Å². The van der Waals surface area contributed by atoms with Crippen LogP contribution in [0, 0.1) is 19.7 Å². The lowest BCUT2D eigenvalue weighted by Gasteiger charge is -2.06.